The largest absolute Gasteiger partial charge is 0.462 e. The molecule has 2 aliphatic rings. The van der Waals surface area contributed by atoms with Crippen molar-refractivity contribution in [3.63, 3.8) is 0 Å². The first-order chi connectivity index (χ1) is 19.3. The topological polar surface area (TPSA) is 111 Å². The van der Waals surface area contributed by atoms with E-state index in [1.807, 2.05) is 25.1 Å². The van der Waals surface area contributed by atoms with E-state index in [9.17, 15) is 18.0 Å². The molecule has 0 unspecified atom stereocenters. The number of ether oxygens (including phenoxy) is 3. The van der Waals surface area contributed by atoms with Gasteiger partial charge in [0.15, 0.2) is 11.5 Å². The number of nitrogens with one attached hydrogen (secondary N) is 1. The number of hydrogen-bond acceptors (Lipinski definition) is 8. The zero-order valence-electron chi connectivity index (χ0n) is 22.5. The van der Waals surface area contributed by atoms with Crippen molar-refractivity contribution in [2.24, 2.45) is 0 Å². The lowest BCUT2D eigenvalue weighted by Crippen LogP contribution is -2.31. The highest BCUT2D eigenvalue weighted by Gasteiger charge is 2.27. The van der Waals surface area contributed by atoms with Gasteiger partial charge in [-0.3, -0.25) is 4.79 Å². The predicted molar refractivity (Wildman–Crippen MR) is 152 cm³/mol. The molecule has 1 saturated heterocycles. The van der Waals surface area contributed by atoms with Gasteiger partial charge in [-0.25, -0.2) is 13.2 Å². The third kappa shape index (κ3) is 5.86. The number of esters is 1. The Hall–Kier alpha value is -3.41. The van der Waals surface area contributed by atoms with Gasteiger partial charge in [0.05, 0.1) is 17.1 Å². The molecule has 1 amide bonds. The summed E-state index contributed by atoms with van der Waals surface area (Å²) in [7, 11) is -3.62. The molecule has 212 valence electrons. The molecule has 0 saturated carbocycles. The third-order valence-corrected chi connectivity index (χ3v) is 10.2. The number of nitrogens with zero attached hydrogens (tertiary/aromatic N) is 1. The highest BCUT2D eigenvalue weighted by Crippen LogP contribution is 2.38. The van der Waals surface area contributed by atoms with Crippen molar-refractivity contribution in [2.75, 3.05) is 31.8 Å². The average Bonchev–Trinajstić information content (AvgIpc) is 3.40. The maximum absolute atomic E-state index is 13.2. The van der Waals surface area contributed by atoms with Gasteiger partial charge in [0, 0.05) is 30.0 Å². The molecular weight excluding hydrogens is 552 g/mol. The summed E-state index contributed by atoms with van der Waals surface area (Å²) in [6, 6.07) is 11.6. The number of thiophene rings is 1. The fraction of sp³-hybridized carbons (Fsp3) is 0.379. The SMILES string of the molecule is CCOC(=O)c1c(NC(=O)c2ccc(S(=O)(=O)N3CCCCCC3)cc2)sc(Cc2ccc3c(c2)OCO3)c1C. The molecule has 9 nitrogen and oxygen atoms in total. The minimum Gasteiger partial charge on any atom is -0.462 e. The number of rotatable bonds is 8. The summed E-state index contributed by atoms with van der Waals surface area (Å²) in [4.78, 5) is 27.2. The van der Waals surface area contributed by atoms with E-state index in [4.69, 9.17) is 14.2 Å². The molecule has 3 heterocycles. The first kappa shape index (κ1) is 28.1. The average molecular weight is 585 g/mol. The minimum absolute atomic E-state index is 0.163. The highest BCUT2D eigenvalue weighted by atomic mass is 32.2. The van der Waals surface area contributed by atoms with E-state index in [1.165, 1.54) is 39.9 Å². The Labute approximate surface area is 238 Å². The van der Waals surface area contributed by atoms with E-state index >= 15 is 0 Å². The molecule has 1 aromatic heterocycles. The molecule has 5 rings (SSSR count). The molecule has 0 aliphatic carbocycles. The Morgan fingerprint density at radius 3 is 2.40 bits per heavy atom. The van der Waals surface area contributed by atoms with Gasteiger partial charge in [0.25, 0.3) is 5.91 Å². The first-order valence-electron chi connectivity index (χ1n) is 13.4. The quantitative estimate of drug-likeness (QED) is 0.355. The summed E-state index contributed by atoms with van der Waals surface area (Å²) in [6.07, 6.45) is 4.27. The van der Waals surface area contributed by atoms with Gasteiger partial charge in [-0.15, -0.1) is 11.3 Å². The van der Waals surface area contributed by atoms with Crippen LogP contribution in [0.5, 0.6) is 11.5 Å². The van der Waals surface area contributed by atoms with E-state index in [2.05, 4.69) is 5.32 Å². The number of carbonyl (C=O) groups excluding carboxylic acids is 2. The van der Waals surface area contributed by atoms with Crippen LogP contribution in [-0.2, 0) is 21.2 Å². The van der Waals surface area contributed by atoms with Crippen LogP contribution in [0, 0.1) is 6.92 Å². The number of sulfonamides is 1. The van der Waals surface area contributed by atoms with E-state index in [0.717, 1.165) is 41.7 Å². The molecule has 0 radical (unpaired) electrons. The number of anilines is 1. The van der Waals surface area contributed by atoms with E-state index in [-0.39, 0.29) is 23.9 Å². The van der Waals surface area contributed by atoms with Crippen LogP contribution < -0.4 is 14.8 Å². The Kier molecular flexibility index (Phi) is 8.43. The van der Waals surface area contributed by atoms with Crippen LogP contribution in [0.4, 0.5) is 5.00 Å². The molecule has 2 aromatic carbocycles. The maximum atomic E-state index is 13.2. The Balaban J connectivity index is 1.37. The zero-order valence-corrected chi connectivity index (χ0v) is 24.2. The number of carbonyl (C=O) groups is 2. The van der Waals surface area contributed by atoms with E-state index in [1.54, 1.807) is 6.92 Å². The zero-order chi connectivity index (χ0) is 28.3. The van der Waals surface area contributed by atoms with Gasteiger partial charge in [0.2, 0.25) is 16.8 Å². The Bertz CT molecular complexity index is 1510. The highest BCUT2D eigenvalue weighted by molar-refractivity contribution is 7.89. The van der Waals surface area contributed by atoms with Crippen molar-refractivity contribution >= 4 is 38.2 Å². The lowest BCUT2D eigenvalue weighted by atomic mass is 10.1. The van der Waals surface area contributed by atoms with Gasteiger partial charge in [-0.2, -0.15) is 4.31 Å². The lowest BCUT2D eigenvalue weighted by Gasteiger charge is -2.20. The summed E-state index contributed by atoms with van der Waals surface area (Å²) in [5.41, 5.74) is 2.31. The standard InChI is InChI=1S/C29H32N2O7S2/c1-3-36-29(33)26-19(2)25(17-20-8-13-23-24(16-20)38-18-37-23)39-28(26)30-27(32)21-9-11-22(12-10-21)40(34,35)31-14-6-4-5-7-15-31/h8-13,16H,3-7,14-15,17-18H2,1-2H3,(H,30,32). The number of amides is 1. The second-order valence-corrected chi connectivity index (χ2v) is 12.8. The molecule has 40 heavy (non-hydrogen) atoms. The first-order valence-corrected chi connectivity index (χ1v) is 15.6. The molecule has 0 atom stereocenters. The van der Waals surface area contributed by atoms with Crippen molar-refractivity contribution in [1.82, 2.24) is 4.31 Å². The third-order valence-electron chi connectivity index (χ3n) is 7.07. The monoisotopic (exact) mass is 584 g/mol. The maximum Gasteiger partial charge on any atom is 0.341 e. The molecule has 2 aliphatic heterocycles. The molecular formula is C29H32N2O7S2. The van der Waals surface area contributed by atoms with Crippen LogP contribution >= 0.6 is 11.3 Å². The normalized spacial score (nSPS) is 15.4. The van der Waals surface area contributed by atoms with E-state index < -0.39 is 21.9 Å². The summed E-state index contributed by atoms with van der Waals surface area (Å²) >= 11 is 1.31. The molecule has 1 N–H and O–H groups in total. The molecule has 0 spiro atoms. The minimum atomic E-state index is -3.62. The van der Waals surface area contributed by atoms with Gasteiger partial charge in [-0.05, 0) is 74.2 Å². The van der Waals surface area contributed by atoms with Crippen LogP contribution in [0.25, 0.3) is 0 Å². The summed E-state index contributed by atoms with van der Waals surface area (Å²) in [5.74, 6) is 0.409. The Morgan fingerprint density at radius 1 is 1.00 bits per heavy atom. The van der Waals surface area contributed by atoms with Crippen LogP contribution in [0.2, 0.25) is 0 Å². The number of fused-ring (bicyclic) bond motifs is 1. The summed E-state index contributed by atoms with van der Waals surface area (Å²) in [5, 5.41) is 3.25. The van der Waals surface area contributed by atoms with Crippen LogP contribution in [0.1, 0.15) is 69.3 Å². The van der Waals surface area contributed by atoms with Crippen molar-refractivity contribution in [3.05, 3.63) is 69.6 Å². The van der Waals surface area contributed by atoms with Crippen molar-refractivity contribution < 1.29 is 32.2 Å². The van der Waals surface area contributed by atoms with Crippen LogP contribution in [0.3, 0.4) is 0 Å². The fourth-order valence-corrected chi connectivity index (χ4v) is 7.63. The number of hydrogen-bond donors (Lipinski definition) is 1. The van der Waals surface area contributed by atoms with Crippen molar-refractivity contribution in [1.29, 1.82) is 0 Å². The molecule has 3 aromatic rings. The van der Waals surface area contributed by atoms with E-state index in [0.29, 0.717) is 41.6 Å². The van der Waals surface area contributed by atoms with Crippen molar-refractivity contribution in [3.8, 4) is 11.5 Å². The van der Waals surface area contributed by atoms with Crippen LogP contribution in [0.15, 0.2) is 47.4 Å². The lowest BCUT2D eigenvalue weighted by molar-refractivity contribution is 0.0527. The second-order valence-electron chi connectivity index (χ2n) is 9.74. The van der Waals surface area contributed by atoms with Gasteiger partial charge in [-0.1, -0.05) is 18.9 Å². The van der Waals surface area contributed by atoms with Gasteiger partial charge < -0.3 is 19.5 Å². The van der Waals surface area contributed by atoms with Crippen molar-refractivity contribution in [2.45, 2.75) is 50.8 Å². The number of benzene rings is 2. The Morgan fingerprint density at radius 2 is 1.70 bits per heavy atom. The molecule has 1 fully saturated rings. The molecule has 11 heteroatoms. The van der Waals surface area contributed by atoms with Gasteiger partial charge >= 0.3 is 5.97 Å². The molecule has 0 bridgehead atoms. The second kappa shape index (κ2) is 12.0. The van der Waals surface area contributed by atoms with Gasteiger partial charge in [0.1, 0.15) is 5.00 Å². The smallest absolute Gasteiger partial charge is 0.341 e. The summed E-state index contributed by atoms with van der Waals surface area (Å²) < 4.78 is 43.9. The summed E-state index contributed by atoms with van der Waals surface area (Å²) in [6.45, 7) is 4.97. The van der Waals surface area contributed by atoms with Crippen LogP contribution in [-0.4, -0.2) is 51.1 Å². The fourth-order valence-electron chi connectivity index (χ4n) is 4.89. The predicted octanol–water partition coefficient (Wildman–Crippen LogP) is 5.37.